The molecule has 11 aromatic rings. The van der Waals surface area contributed by atoms with Gasteiger partial charge in [0.2, 0.25) is 0 Å². The molecular weight excluding hydrogens is 617 g/mol. The second kappa shape index (κ2) is 10.9. The first-order chi connectivity index (χ1) is 25.3. The van der Waals surface area contributed by atoms with Gasteiger partial charge in [0.15, 0.2) is 0 Å². The van der Waals surface area contributed by atoms with E-state index in [1.807, 2.05) is 0 Å². The van der Waals surface area contributed by atoms with Crippen LogP contribution in [0.15, 0.2) is 186 Å². The first-order valence-electron chi connectivity index (χ1n) is 17.6. The standard InChI is InChI=1S/C50H30O/c1-2-13-31(14-3-1)35-22-10-16-33-28-30-45-50(46(33)35)49-43(25-12-26-44(49)51-45)48-41-20-8-6-18-39(41)47(40-19-7-9-21-42(40)48)38-24-11-23-36-34-17-5-4-15-32(34)27-29-37(36)38/h1-30H. The monoisotopic (exact) mass is 646 g/mol. The van der Waals surface area contributed by atoms with Crippen molar-refractivity contribution in [2.75, 3.05) is 0 Å². The lowest BCUT2D eigenvalue weighted by molar-refractivity contribution is 0.669. The summed E-state index contributed by atoms with van der Waals surface area (Å²) in [5.74, 6) is 0. The average Bonchev–Trinajstić information content (AvgIpc) is 3.59. The lowest BCUT2D eigenvalue weighted by atomic mass is 9.83. The molecular formula is C50H30O. The molecule has 1 nitrogen and oxygen atoms in total. The number of hydrogen-bond acceptors (Lipinski definition) is 1. The molecule has 0 bridgehead atoms. The van der Waals surface area contributed by atoms with Crippen LogP contribution < -0.4 is 0 Å². The van der Waals surface area contributed by atoms with Crippen molar-refractivity contribution in [3.63, 3.8) is 0 Å². The summed E-state index contributed by atoms with van der Waals surface area (Å²) in [6, 6.07) is 66.2. The molecule has 1 aromatic heterocycles. The van der Waals surface area contributed by atoms with Crippen LogP contribution in [0.25, 0.3) is 109 Å². The molecule has 0 unspecified atom stereocenters. The van der Waals surface area contributed by atoms with Crippen LogP contribution in [0.3, 0.4) is 0 Å². The third kappa shape index (κ3) is 4.09. The molecule has 1 heterocycles. The summed E-state index contributed by atoms with van der Waals surface area (Å²) in [4.78, 5) is 0. The van der Waals surface area contributed by atoms with E-state index < -0.39 is 0 Å². The Labute approximate surface area is 294 Å². The third-order valence-electron chi connectivity index (χ3n) is 10.8. The van der Waals surface area contributed by atoms with E-state index in [9.17, 15) is 0 Å². The maximum Gasteiger partial charge on any atom is 0.136 e. The quantitative estimate of drug-likeness (QED) is 0.138. The fourth-order valence-electron chi connectivity index (χ4n) is 8.72. The SMILES string of the molecule is c1ccc(-c2cccc3ccc4oc5cccc(-c6c7ccccc7c(-c7cccc8c7ccc7ccccc78)c7ccccc67)c5c4c23)cc1. The number of hydrogen-bond donors (Lipinski definition) is 0. The molecule has 1 heteroatoms. The van der Waals surface area contributed by atoms with E-state index in [2.05, 4.69) is 182 Å². The van der Waals surface area contributed by atoms with Gasteiger partial charge in [0.25, 0.3) is 0 Å². The first kappa shape index (κ1) is 28.2. The summed E-state index contributed by atoms with van der Waals surface area (Å²) < 4.78 is 6.71. The zero-order valence-electron chi connectivity index (χ0n) is 27.7. The van der Waals surface area contributed by atoms with Gasteiger partial charge in [0.1, 0.15) is 11.2 Å². The van der Waals surface area contributed by atoms with E-state index >= 15 is 0 Å². The van der Waals surface area contributed by atoms with Crippen molar-refractivity contribution in [1.82, 2.24) is 0 Å². The van der Waals surface area contributed by atoms with Gasteiger partial charge in [0, 0.05) is 16.2 Å². The van der Waals surface area contributed by atoms with E-state index in [1.54, 1.807) is 0 Å². The summed E-state index contributed by atoms with van der Waals surface area (Å²) in [5, 5.41) is 14.8. The molecule has 0 aliphatic rings. The highest BCUT2D eigenvalue weighted by Crippen LogP contribution is 2.49. The van der Waals surface area contributed by atoms with Gasteiger partial charge in [0.05, 0.1) is 0 Å². The third-order valence-corrected chi connectivity index (χ3v) is 10.8. The van der Waals surface area contributed by atoms with Crippen LogP contribution in [0, 0.1) is 0 Å². The van der Waals surface area contributed by atoms with Crippen LogP contribution in [0.5, 0.6) is 0 Å². The molecule has 0 amide bonds. The van der Waals surface area contributed by atoms with Gasteiger partial charge in [-0.3, -0.25) is 0 Å². The summed E-state index contributed by atoms with van der Waals surface area (Å²) >= 11 is 0. The van der Waals surface area contributed by atoms with Gasteiger partial charge in [-0.05, 0) is 94.0 Å². The van der Waals surface area contributed by atoms with Gasteiger partial charge >= 0.3 is 0 Å². The minimum absolute atomic E-state index is 0.899. The van der Waals surface area contributed by atoms with E-state index in [1.165, 1.54) is 87.2 Å². The van der Waals surface area contributed by atoms with Crippen LogP contribution in [0.2, 0.25) is 0 Å². The smallest absolute Gasteiger partial charge is 0.136 e. The number of fused-ring (bicyclic) bond motifs is 10. The van der Waals surface area contributed by atoms with E-state index in [0.717, 1.165) is 21.9 Å². The largest absolute Gasteiger partial charge is 0.456 e. The molecule has 0 radical (unpaired) electrons. The Morgan fingerprint density at radius 1 is 0.255 bits per heavy atom. The number of benzene rings is 10. The summed E-state index contributed by atoms with van der Waals surface area (Å²) in [6.07, 6.45) is 0. The summed E-state index contributed by atoms with van der Waals surface area (Å²) in [5.41, 5.74) is 9.16. The van der Waals surface area contributed by atoms with Crippen molar-refractivity contribution in [3.8, 4) is 33.4 Å². The number of rotatable bonds is 3. The van der Waals surface area contributed by atoms with Gasteiger partial charge in [-0.15, -0.1) is 0 Å². The van der Waals surface area contributed by atoms with Crippen molar-refractivity contribution in [2.24, 2.45) is 0 Å². The lowest BCUT2D eigenvalue weighted by Crippen LogP contribution is -1.92. The van der Waals surface area contributed by atoms with Crippen molar-refractivity contribution in [3.05, 3.63) is 182 Å². The maximum absolute atomic E-state index is 6.71. The van der Waals surface area contributed by atoms with E-state index in [0.29, 0.717) is 0 Å². The average molecular weight is 647 g/mol. The highest BCUT2D eigenvalue weighted by molar-refractivity contribution is 6.31. The zero-order valence-corrected chi connectivity index (χ0v) is 27.7. The Kier molecular flexibility index (Phi) is 6.02. The van der Waals surface area contributed by atoms with E-state index in [4.69, 9.17) is 4.42 Å². The Balaban J connectivity index is 1.29. The molecule has 0 atom stereocenters. The first-order valence-corrected chi connectivity index (χ1v) is 17.6. The topological polar surface area (TPSA) is 13.1 Å². The molecule has 236 valence electrons. The molecule has 0 aliphatic heterocycles. The Bertz CT molecular complexity index is 3130. The van der Waals surface area contributed by atoms with Gasteiger partial charge in [-0.2, -0.15) is 0 Å². The van der Waals surface area contributed by atoms with Crippen LogP contribution in [0.1, 0.15) is 0 Å². The van der Waals surface area contributed by atoms with E-state index in [-0.39, 0.29) is 0 Å². The Hall–Kier alpha value is -6.70. The van der Waals surface area contributed by atoms with Gasteiger partial charge in [-0.25, -0.2) is 0 Å². The molecule has 0 aliphatic carbocycles. The fraction of sp³-hybridized carbons (Fsp3) is 0. The highest BCUT2D eigenvalue weighted by Gasteiger charge is 2.22. The van der Waals surface area contributed by atoms with Crippen molar-refractivity contribution < 1.29 is 4.42 Å². The second-order valence-corrected chi connectivity index (χ2v) is 13.5. The highest BCUT2D eigenvalue weighted by atomic mass is 16.3. The van der Waals surface area contributed by atoms with Crippen molar-refractivity contribution >= 4 is 75.8 Å². The molecule has 10 aromatic carbocycles. The molecule has 51 heavy (non-hydrogen) atoms. The molecule has 11 rings (SSSR count). The molecule has 0 saturated carbocycles. The minimum Gasteiger partial charge on any atom is -0.456 e. The van der Waals surface area contributed by atoms with Crippen LogP contribution in [0.4, 0.5) is 0 Å². The van der Waals surface area contributed by atoms with Gasteiger partial charge in [-0.1, -0.05) is 170 Å². The minimum atomic E-state index is 0.899. The zero-order chi connectivity index (χ0) is 33.5. The maximum atomic E-state index is 6.71. The Morgan fingerprint density at radius 3 is 1.55 bits per heavy atom. The van der Waals surface area contributed by atoms with Crippen LogP contribution >= 0.6 is 0 Å². The van der Waals surface area contributed by atoms with Crippen LogP contribution in [-0.4, -0.2) is 0 Å². The summed E-state index contributed by atoms with van der Waals surface area (Å²) in [6.45, 7) is 0. The molecule has 0 fully saturated rings. The predicted octanol–water partition coefficient (Wildman–Crippen LogP) is 14.4. The predicted molar refractivity (Wildman–Crippen MR) is 218 cm³/mol. The molecule has 0 spiro atoms. The lowest BCUT2D eigenvalue weighted by Gasteiger charge is -2.19. The number of furan rings is 1. The van der Waals surface area contributed by atoms with Crippen molar-refractivity contribution in [2.45, 2.75) is 0 Å². The second-order valence-electron chi connectivity index (χ2n) is 13.5. The Morgan fingerprint density at radius 2 is 0.784 bits per heavy atom. The van der Waals surface area contributed by atoms with Crippen LogP contribution in [-0.2, 0) is 0 Å². The van der Waals surface area contributed by atoms with Crippen molar-refractivity contribution in [1.29, 1.82) is 0 Å². The van der Waals surface area contributed by atoms with Gasteiger partial charge < -0.3 is 4.42 Å². The molecule has 0 N–H and O–H groups in total. The molecule has 0 saturated heterocycles. The normalized spacial score (nSPS) is 11.9. The summed E-state index contributed by atoms with van der Waals surface area (Å²) in [7, 11) is 0. The fourth-order valence-corrected chi connectivity index (χ4v) is 8.72.